The summed E-state index contributed by atoms with van der Waals surface area (Å²) in [6.07, 6.45) is -0.693. The van der Waals surface area contributed by atoms with E-state index in [0.29, 0.717) is 35.5 Å². The standard InChI is InChI=1S/C23H27F3N6O3S/c1-16-6-8-18(9-7-16)36(34,35)32-12-10-19-20(27-15-28-21(19)32)30(3)31-11-4-5-17(13-31)22(33)29(2)14-23(24,25)26/h6-10,12,15,17H,4-5,11,13-14H2,1-3H3. The zero-order chi connectivity index (χ0) is 26.3. The number of carbonyl (C=O) groups is 1. The van der Waals surface area contributed by atoms with Gasteiger partial charge in [-0.2, -0.15) is 13.2 Å². The third-order valence-corrected chi connectivity index (χ3v) is 7.96. The van der Waals surface area contributed by atoms with Crippen LogP contribution < -0.4 is 5.01 Å². The van der Waals surface area contributed by atoms with Crippen molar-refractivity contribution in [2.45, 2.75) is 30.8 Å². The van der Waals surface area contributed by atoms with Gasteiger partial charge in [-0.15, -0.1) is 0 Å². The van der Waals surface area contributed by atoms with Crippen molar-refractivity contribution in [2.75, 3.05) is 38.7 Å². The monoisotopic (exact) mass is 524 g/mol. The molecule has 0 radical (unpaired) electrons. The molecule has 1 aliphatic heterocycles. The molecule has 4 rings (SSSR count). The van der Waals surface area contributed by atoms with Gasteiger partial charge in [0.15, 0.2) is 11.5 Å². The maximum Gasteiger partial charge on any atom is 0.406 e. The first-order chi connectivity index (χ1) is 16.9. The van der Waals surface area contributed by atoms with Gasteiger partial charge in [-0.1, -0.05) is 17.7 Å². The molecule has 0 spiro atoms. The molecule has 3 aromatic rings. The van der Waals surface area contributed by atoms with E-state index in [-0.39, 0.29) is 17.1 Å². The summed E-state index contributed by atoms with van der Waals surface area (Å²) in [6, 6.07) is 8.10. The maximum absolute atomic E-state index is 13.2. The average molecular weight is 525 g/mol. The lowest BCUT2D eigenvalue weighted by atomic mass is 9.97. The number of fused-ring (bicyclic) bond motifs is 1. The highest BCUT2D eigenvalue weighted by atomic mass is 32.2. The number of alkyl halides is 3. The number of aryl methyl sites for hydroxylation is 1. The number of hydrogen-bond acceptors (Lipinski definition) is 7. The Kier molecular flexibility index (Phi) is 6.97. The van der Waals surface area contributed by atoms with Gasteiger partial charge in [0.1, 0.15) is 12.9 Å². The highest BCUT2D eigenvalue weighted by molar-refractivity contribution is 7.90. The summed E-state index contributed by atoms with van der Waals surface area (Å²) < 4.78 is 65.8. The van der Waals surface area contributed by atoms with Crippen LogP contribution in [0.3, 0.4) is 0 Å². The number of piperidine rings is 1. The summed E-state index contributed by atoms with van der Waals surface area (Å²) in [4.78, 5) is 22.0. The number of rotatable bonds is 6. The third kappa shape index (κ3) is 5.16. The van der Waals surface area contributed by atoms with Gasteiger partial charge >= 0.3 is 6.18 Å². The van der Waals surface area contributed by atoms with Crippen LogP contribution in [-0.4, -0.2) is 78.1 Å². The lowest BCUT2D eigenvalue weighted by molar-refractivity contribution is -0.162. The second-order valence-electron chi connectivity index (χ2n) is 8.95. The van der Waals surface area contributed by atoms with Gasteiger partial charge in [0.2, 0.25) is 5.91 Å². The predicted octanol–water partition coefficient (Wildman–Crippen LogP) is 3.06. The van der Waals surface area contributed by atoms with E-state index in [1.54, 1.807) is 30.3 Å². The van der Waals surface area contributed by atoms with Crippen LogP contribution in [0.4, 0.5) is 19.0 Å². The molecule has 0 aliphatic carbocycles. The van der Waals surface area contributed by atoms with Gasteiger partial charge in [-0.05, 0) is 38.0 Å². The number of hydrogen-bond donors (Lipinski definition) is 0. The minimum Gasteiger partial charge on any atom is -0.336 e. The van der Waals surface area contributed by atoms with Crippen LogP contribution >= 0.6 is 0 Å². The van der Waals surface area contributed by atoms with Crippen molar-refractivity contribution in [3.05, 3.63) is 48.4 Å². The van der Waals surface area contributed by atoms with Crippen molar-refractivity contribution in [1.29, 1.82) is 0 Å². The Morgan fingerprint density at radius 3 is 2.50 bits per heavy atom. The first-order valence-electron chi connectivity index (χ1n) is 11.3. The Balaban J connectivity index is 1.59. The van der Waals surface area contributed by atoms with Crippen LogP contribution in [0.15, 0.2) is 47.8 Å². The van der Waals surface area contributed by atoms with Gasteiger partial charge in [-0.3, -0.25) is 9.80 Å². The Bertz CT molecular complexity index is 1360. The normalized spacial score (nSPS) is 17.3. The lowest BCUT2D eigenvalue weighted by Gasteiger charge is -2.39. The summed E-state index contributed by atoms with van der Waals surface area (Å²) >= 11 is 0. The average Bonchev–Trinajstić information content (AvgIpc) is 3.27. The molecule has 36 heavy (non-hydrogen) atoms. The van der Waals surface area contributed by atoms with Crippen LogP contribution in [0.2, 0.25) is 0 Å². The van der Waals surface area contributed by atoms with Gasteiger partial charge in [-0.25, -0.2) is 27.4 Å². The van der Waals surface area contributed by atoms with E-state index in [1.807, 2.05) is 11.9 Å². The second-order valence-corrected chi connectivity index (χ2v) is 10.8. The molecule has 1 saturated heterocycles. The lowest BCUT2D eigenvalue weighted by Crippen LogP contribution is -2.51. The molecule has 2 aromatic heterocycles. The van der Waals surface area contributed by atoms with Crippen LogP contribution in [0, 0.1) is 12.8 Å². The van der Waals surface area contributed by atoms with Crippen molar-refractivity contribution in [2.24, 2.45) is 5.92 Å². The molecule has 1 amide bonds. The molecule has 1 aliphatic rings. The van der Waals surface area contributed by atoms with Crippen molar-refractivity contribution < 1.29 is 26.4 Å². The fourth-order valence-electron chi connectivity index (χ4n) is 4.41. The van der Waals surface area contributed by atoms with Gasteiger partial charge in [0.05, 0.1) is 16.2 Å². The first kappa shape index (κ1) is 25.9. The van der Waals surface area contributed by atoms with Crippen LogP contribution in [-0.2, 0) is 14.8 Å². The van der Waals surface area contributed by atoms with Crippen molar-refractivity contribution in [3.8, 4) is 0 Å². The quantitative estimate of drug-likeness (QED) is 0.490. The molecular formula is C23H27F3N6O3S. The number of aromatic nitrogens is 3. The maximum atomic E-state index is 13.2. The Morgan fingerprint density at radius 2 is 1.83 bits per heavy atom. The number of carbonyl (C=O) groups excluding carboxylic acids is 1. The minimum absolute atomic E-state index is 0.125. The number of anilines is 1. The molecule has 0 saturated carbocycles. The molecule has 0 bridgehead atoms. The second kappa shape index (κ2) is 9.69. The molecule has 0 N–H and O–H groups in total. The molecular weight excluding hydrogens is 497 g/mol. The highest BCUT2D eigenvalue weighted by Gasteiger charge is 2.36. The molecule has 13 heteroatoms. The molecule has 9 nitrogen and oxygen atoms in total. The number of nitrogens with zero attached hydrogens (tertiary/aromatic N) is 6. The summed E-state index contributed by atoms with van der Waals surface area (Å²) in [7, 11) is -1.02. The Morgan fingerprint density at radius 1 is 1.14 bits per heavy atom. The van der Waals surface area contributed by atoms with E-state index >= 15 is 0 Å². The van der Waals surface area contributed by atoms with Crippen molar-refractivity contribution in [1.82, 2.24) is 23.8 Å². The fourth-order valence-corrected chi connectivity index (χ4v) is 5.72. The first-order valence-corrected chi connectivity index (χ1v) is 12.8. The summed E-state index contributed by atoms with van der Waals surface area (Å²) in [5.74, 6) is -0.736. The van der Waals surface area contributed by atoms with Gasteiger partial charge < -0.3 is 4.90 Å². The molecule has 1 atom stereocenters. The zero-order valence-electron chi connectivity index (χ0n) is 20.1. The van der Waals surface area contributed by atoms with Crippen LogP contribution in [0.25, 0.3) is 11.0 Å². The molecule has 194 valence electrons. The number of hydrazine groups is 1. The summed E-state index contributed by atoms with van der Waals surface area (Å²) in [6.45, 7) is 1.35. The van der Waals surface area contributed by atoms with E-state index in [2.05, 4.69) is 9.97 Å². The van der Waals surface area contributed by atoms with E-state index in [4.69, 9.17) is 0 Å². The SMILES string of the molecule is Cc1ccc(S(=O)(=O)n2ccc3c(N(C)N4CCCC(C(=O)N(C)CC(F)(F)F)C4)ncnc32)cc1. The van der Waals surface area contributed by atoms with Gasteiger partial charge in [0, 0.05) is 33.4 Å². The van der Waals surface area contributed by atoms with E-state index in [1.165, 1.54) is 24.7 Å². The summed E-state index contributed by atoms with van der Waals surface area (Å²) in [5, 5.41) is 4.02. The predicted molar refractivity (Wildman–Crippen MR) is 128 cm³/mol. The van der Waals surface area contributed by atoms with Crippen molar-refractivity contribution >= 4 is 32.8 Å². The van der Waals surface area contributed by atoms with Gasteiger partial charge in [0.25, 0.3) is 10.0 Å². The third-order valence-electron chi connectivity index (χ3n) is 6.28. The number of halogens is 3. The minimum atomic E-state index is -4.46. The molecule has 1 aromatic carbocycles. The van der Waals surface area contributed by atoms with Crippen molar-refractivity contribution in [3.63, 3.8) is 0 Å². The van der Waals surface area contributed by atoms with E-state index < -0.39 is 34.6 Å². The molecule has 3 heterocycles. The fraction of sp³-hybridized carbons (Fsp3) is 0.435. The summed E-state index contributed by atoms with van der Waals surface area (Å²) in [5.41, 5.74) is 1.13. The molecule has 1 unspecified atom stereocenters. The Labute approximate surface area is 207 Å². The zero-order valence-corrected chi connectivity index (χ0v) is 20.9. The topological polar surface area (TPSA) is 91.6 Å². The van der Waals surface area contributed by atoms with E-state index in [0.717, 1.165) is 16.6 Å². The van der Waals surface area contributed by atoms with Crippen LogP contribution in [0.5, 0.6) is 0 Å². The smallest absolute Gasteiger partial charge is 0.336 e. The Hall–Kier alpha value is -3.19. The largest absolute Gasteiger partial charge is 0.406 e. The molecule has 1 fully saturated rings. The van der Waals surface area contributed by atoms with E-state index in [9.17, 15) is 26.4 Å². The van der Waals surface area contributed by atoms with Crippen LogP contribution in [0.1, 0.15) is 18.4 Å². The highest BCUT2D eigenvalue weighted by Crippen LogP contribution is 2.29. The number of amides is 1. The number of benzene rings is 1.